The normalized spacial score (nSPS) is 16.9. The van der Waals surface area contributed by atoms with Crippen molar-refractivity contribution in [2.24, 2.45) is 4.99 Å². The average molecular weight is 271 g/mol. The standard InChI is InChI=1S/C13H25N3O3/c1-12(2,3)19-11(17)16-7-6-14-10(8-16)15-9-13(4,5)18/h18H,6-9H2,1-5H3,(H,14,15). The lowest BCUT2D eigenvalue weighted by molar-refractivity contribution is 0.0275. The van der Waals surface area contributed by atoms with E-state index < -0.39 is 11.2 Å². The Labute approximate surface area is 114 Å². The van der Waals surface area contributed by atoms with Crippen LogP contribution in [0.4, 0.5) is 4.79 Å². The van der Waals surface area contributed by atoms with Gasteiger partial charge in [0.05, 0.1) is 18.7 Å². The van der Waals surface area contributed by atoms with Crippen LogP contribution in [0.3, 0.4) is 0 Å². The third kappa shape index (κ3) is 6.42. The smallest absolute Gasteiger partial charge is 0.410 e. The lowest BCUT2D eigenvalue weighted by Gasteiger charge is -2.30. The summed E-state index contributed by atoms with van der Waals surface area (Å²) in [7, 11) is 0. The molecule has 1 aliphatic heterocycles. The highest BCUT2D eigenvalue weighted by molar-refractivity contribution is 5.87. The number of amidine groups is 1. The molecular weight excluding hydrogens is 246 g/mol. The molecule has 0 fully saturated rings. The van der Waals surface area contributed by atoms with Gasteiger partial charge in [0.25, 0.3) is 0 Å². The highest BCUT2D eigenvalue weighted by Crippen LogP contribution is 2.11. The molecule has 0 aromatic rings. The van der Waals surface area contributed by atoms with Crippen molar-refractivity contribution in [2.45, 2.75) is 45.8 Å². The molecule has 19 heavy (non-hydrogen) atoms. The molecule has 0 aromatic carbocycles. The number of hydrogen-bond acceptors (Lipinski definition) is 5. The average Bonchev–Trinajstić information content (AvgIpc) is 2.23. The van der Waals surface area contributed by atoms with Gasteiger partial charge in [0, 0.05) is 13.1 Å². The molecule has 0 bridgehead atoms. The number of nitrogens with one attached hydrogen (secondary N) is 1. The van der Waals surface area contributed by atoms with E-state index in [0.29, 0.717) is 32.0 Å². The van der Waals surface area contributed by atoms with Gasteiger partial charge in [0.2, 0.25) is 0 Å². The molecule has 1 amide bonds. The molecular formula is C13H25N3O3. The van der Waals surface area contributed by atoms with Gasteiger partial charge in [-0.05, 0) is 34.6 Å². The molecule has 0 saturated carbocycles. The molecule has 0 aliphatic carbocycles. The summed E-state index contributed by atoms with van der Waals surface area (Å²) >= 11 is 0. The summed E-state index contributed by atoms with van der Waals surface area (Å²) in [4.78, 5) is 17.9. The molecule has 0 saturated heterocycles. The van der Waals surface area contributed by atoms with Crippen LogP contribution in [0.25, 0.3) is 0 Å². The van der Waals surface area contributed by atoms with Gasteiger partial charge < -0.3 is 15.2 Å². The Balaban J connectivity index is 2.49. The van der Waals surface area contributed by atoms with Gasteiger partial charge in [0.1, 0.15) is 11.4 Å². The van der Waals surface area contributed by atoms with Crippen LogP contribution in [-0.2, 0) is 4.74 Å². The van der Waals surface area contributed by atoms with Crippen LogP contribution in [0.5, 0.6) is 0 Å². The van der Waals surface area contributed by atoms with Crippen LogP contribution in [0.1, 0.15) is 34.6 Å². The Hall–Kier alpha value is -1.30. The molecule has 0 unspecified atom stereocenters. The SMILES string of the molecule is CC(C)(O)CNC1=NCCN(C(=O)OC(C)(C)C)C1. The Bertz CT molecular complexity index is 353. The van der Waals surface area contributed by atoms with Crippen LogP contribution in [0, 0.1) is 0 Å². The van der Waals surface area contributed by atoms with Crippen LogP contribution < -0.4 is 5.32 Å². The van der Waals surface area contributed by atoms with E-state index in [0.717, 1.165) is 0 Å². The van der Waals surface area contributed by atoms with E-state index in [9.17, 15) is 9.90 Å². The number of carbonyl (C=O) groups is 1. The minimum atomic E-state index is -0.809. The first-order chi connectivity index (χ1) is 8.57. The highest BCUT2D eigenvalue weighted by Gasteiger charge is 2.25. The second-order valence-corrected chi connectivity index (χ2v) is 6.40. The summed E-state index contributed by atoms with van der Waals surface area (Å²) in [5.74, 6) is 0.708. The van der Waals surface area contributed by atoms with Gasteiger partial charge in [-0.1, -0.05) is 0 Å². The predicted molar refractivity (Wildman–Crippen MR) is 74.4 cm³/mol. The van der Waals surface area contributed by atoms with E-state index >= 15 is 0 Å². The van der Waals surface area contributed by atoms with Crippen molar-refractivity contribution in [1.82, 2.24) is 10.2 Å². The zero-order valence-corrected chi connectivity index (χ0v) is 12.5. The zero-order chi connectivity index (χ0) is 14.7. The molecule has 0 atom stereocenters. The van der Waals surface area contributed by atoms with Crippen molar-refractivity contribution in [3.63, 3.8) is 0 Å². The fourth-order valence-corrected chi connectivity index (χ4v) is 1.53. The van der Waals surface area contributed by atoms with Crippen molar-refractivity contribution < 1.29 is 14.6 Å². The number of rotatable bonds is 2. The summed E-state index contributed by atoms with van der Waals surface area (Å²) < 4.78 is 5.33. The Morgan fingerprint density at radius 1 is 1.42 bits per heavy atom. The Morgan fingerprint density at radius 3 is 2.58 bits per heavy atom. The van der Waals surface area contributed by atoms with E-state index in [1.165, 1.54) is 0 Å². The number of hydrogen-bond donors (Lipinski definition) is 2. The second kappa shape index (κ2) is 5.77. The zero-order valence-electron chi connectivity index (χ0n) is 12.5. The van der Waals surface area contributed by atoms with E-state index in [1.54, 1.807) is 18.7 Å². The predicted octanol–water partition coefficient (Wildman–Crippen LogP) is 0.996. The monoisotopic (exact) mass is 271 g/mol. The molecule has 0 aromatic heterocycles. The van der Waals surface area contributed by atoms with Crippen molar-refractivity contribution >= 4 is 11.9 Å². The largest absolute Gasteiger partial charge is 0.444 e. The van der Waals surface area contributed by atoms with Crippen LogP contribution in [-0.4, -0.2) is 59.3 Å². The van der Waals surface area contributed by atoms with Crippen LogP contribution >= 0.6 is 0 Å². The third-order valence-electron chi connectivity index (χ3n) is 2.39. The highest BCUT2D eigenvalue weighted by atomic mass is 16.6. The van der Waals surface area contributed by atoms with Crippen LogP contribution in [0.2, 0.25) is 0 Å². The number of nitrogens with zero attached hydrogens (tertiary/aromatic N) is 2. The van der Waals surface area contributed by atoms with Gasteiger partial charge in [-0.15, -0.1) is 0 Å². The molecule has 0 spiro atoms. The molecule has 2 N–H and O–H groups in total. The minimum Gasteiger partial charge on any atom is -0.444 e. The fraction of sp³-hybridized carbons (Fsp3) is 0.846. The molecule has 6 nitrogen and oxygen atoms in total. The number of aliphatic hydroxyl groups is 1. The lowest BCUT2D eigenvalue weighted by atomic mass is 10.1. The summed E-state index contributed by atoms with van der Waals surface area (Å²) in [6, 6.07) is 0. The number of amides is 1. The van der Waals surface area contributed by atoms with Crippen molar-refractivity contribution in [3.05, 3.63) is 0 Å². The topological polar surface area (TPSA) is 74.2 Å². The first-order valence-corrected chi connectivity index (χ1v) is 6.54. The summed E-state index contributed by atoms with van der Waals surface area (Å²) in [5.41, 5.74) is -1.30. The maximum atomic E-state index is 11.9. The molecule has 6 heteroatoms. The first-order valence-electron chi connectivity index (χ1n) is 6.54. The van der Waals surface area contributed by atoms with Crippen LogP contribution in [0.15, 0.2) is 4.99 Å². The number of carbonyl (C=O) groups excluding carboxylic acids is 1. The van der Waals surface area contributed by atoms with Gasteiger partial charge in [-0.25, -0.2) is 4.79 Å². The van der Waals surface area contributed by atoms with Crippen molar-refractivity contribution in [2.75, 3.05) is 26.2 Å². The maximum absolute atomic E-state index is 11.9. The summed E-state index contributed by atoms with van der Waals surface area (Å²) in [6.45, 7) is 10.9. The minimum absolute atomic E-state index is 0.329. The van der Waals surface area contributed by atoms with Gasteiger partial charge in [-0.2, -0.15) is 0 Å². The van der Waals surface area contributed by atoms with E-state index in [2.05, 4.69) is 10.3 Å². The van der Waals surface area contributed by atoms with Crippen molar-refractivity contribution in [1.29, 1.82) is 0 Å². The molecule has 1 aliphatic rings. The number of aliphatic imine (C=N–C) groups is 1. The van der Waals surface area contributed by atoms with Crippen molar-refractivity contribution in [3.8, 4) is 0 Å². The lowest BCUT2D eigenvalue weighted by Crippen LogP contribution is -2.49. The van der Waals surface area contributed by atoms with Gasteiger partial charge >= 0.3 is 6.09 Å². The Kier molecular flexibility index (Phi) is 4.79. The first kappa shape index (κ1) is 15.8. The second-order valence-electron chi connectivity index (χ2n) is 6.40. The summed E-state index contributed by atoms with van der Waals surface area (Å²) in [5, 5.41) is 12.7. The molecule has 110 valence electrons. The Morgan fingerprint density at radius 2 is 2.05 bits per heavy atom. The summed E-state index contributed by atoms with van der Waals surface area (Å²) in [6.07, 6.45) is -0.329. The van der Waals surface area contributed by atoms with E-state index in [1.807, 2.05) is 20.8 Å². The van der Waals surface area contributed by atoms with E-state index in [-0.39, 0.29) is 6.09 Å². The maximum Gasteiger partial charge on any atom is 0.410 e. The molecule has 0 radical (unpaired) electrons. The number of ether oxygens (including phenoxy) is 1. The molecule has 1 heterocycles. The van der Waals surface area contributed by atoms with Gasteiger partial charge in [0.15, 0.2) is 0 Å². The molecule has 1 rings (SSSR count). The van der Waals surface area contributed by atoms with Gasteiger partial charge in [-0.3, -0.25) is 9.89 Å². The quantitative estimate of drug-likeness (QED) is 0.785. The van der Waals surface area contributed by atoms with E-state index in [4.69, 9.17) is 4.74 Å². The fourth-order valence-electron chi connectivity index (χ4n) is 1.53. The third-order valence-corrected chi connectivity index (χ3v) is 2.39.